The zero-order chi connectivity index (χ0) is 17.5. The van der Waals surface area contributed by atoms with E-state index in [0.29, 0.717) is 5.13 Å². The summed E-state index contributed by atoms with van der Waals surface area (Å²) in [6, 6.07) is 9.50. The molecule has 0 aliphatic carbocycles. The minimum atomic E-state index is -0.250. The minimum absolute atomic E-state index is 0.00570. The van der Waals surface area contributed by atoms with Crippen LogP contribution < -0.4 is 5.32 Å². The highest BCUT2D eigenvalue weighted by molar-refractivity contribution is 7.15. The van der Waals surface area contributed by atoms with Crippen LogP contribution >= 0.6 is 11.3 Å². The van der Waals surface area contributed by atoms with Gasteiger partial charge in [-0.3, -0.25) is 9.59 Å². The first-order valence-corrected chi connectivity index (χ1v) is 8.53. The summed E-state index contributed by atoms with van der Waals surface area (Å²) in [7, 11) is 0. The molecule has 0 spiro atoms. The molecule has 6 heteroatoms. The number of nitrogens with zero attached hydrogens (tertiary/aromatic N) is 2. The standard InChI is InChI=1S/C18H21N3O2S/c1-13(2)21(12-16(22)20-18-19-11-14(3)24-18)17(23)10-9-15-7-5-4-6-8-15/h4-11,13H,12H2,1-3H3,(H,19,20,22). The van der Waals surface area contributed by atoms with Gasteiger partial charge in [-0.15, -0.1) is 11.3 Å². The zero-order valence-electron chi connectivity index (χ0n) is 14.0. The Balaban J connectivity index is 1.99. The molecule has 0 bridgehead atoms. The normalized spacial score (nSPS) is 11.0. The summed E-state index contributed by atoms with van der Waals surface area (Å²) >= 11 is 1.41. The van der Waals surface area contributed by atoms with Crippen molar-refractivity contribution in [3.63, 3.8) is 0 Å². The molecule has 2 aromatic rings. The van der Waals surface area contributed by atoms with Gasteiger partial charge in [-0.05, 0) is 32.4 Å². The van der Waals surface area contributed by atoms with E-state index < -0.39 is 0 Å². The Labute approximate surface area is 146 Å². The molecule has 0 aliphatic rings. The van der Waals surface area contributed by atoms with E-state index in [4.69, 9.17) is 0 Å². The second kappa shape index (κ2) is 8.40. The van der Waals surface area contributed by atoms with Gasteiger partial charge in [0.15, 0.2) is 5.13 Å². The van der Waals surface area contributed by atoms with Gasteiger partial charge >= 0.3 is 0 Å². The van der Waals surface area contributed by atoms with Crippen LogP contribution in [0.3, 0.4) is 0 Å². The van der Waals surface area contributed by atoms with Crippen molar-refractivity contribution in [1.82, 2.24) is 9.88 Å². The average molecular weight is 343 g/mol. The van der Waals surface area contributed by atoms with Crippen LogP contribution in [0.4, 0.5) is 5.13 Å². The smallest absolute Gasteiger partial charge is 0.247 e. The van der Waals surface area contributed by atoms with Gasteiger partial charge in [-0.1, -0.05) is 30.3 Å². The van der Waals surface area contributed by atoms with E-state index in [2.05, 4.69) is 10.3 Å². The number of hydrogen-bond donors (Lipinski definition) is 1. The highest BCUT2D eigenvalue weighted by Gasteiger charge is 2.18. The highest BCUT2D eigenvalue weighted by atomic mass is 32.1. The molecule has 1 heterocycles. The molecule has 1 aromatic carbocycles. The van der Waals surface area contributed by atoms with Gasteiger partial charge < -0.3 is 10.2 Å². The molecule has 0 saturated carbocycles. The predicted molar refractivity (Wildman–Crippen MR) is 97.8 cm³/mol. The third kappa shape index (κ3) is 5.31. The molecule has 126 valence electrons. The van der Waals surface area contributed by atoms with Crippen LogP contribution in [0.2, 0.25) is 0 Å². The maximum atomic E-state index is 12.4. The van der Waals surface area contributed by atoms with Gasteiger partial charge in [0, 0.05) is 23.2 Å². The van der Waals surface area contributed by atoms with Crippen LogP contribution in [0.5, 0.6) is 0 Å². The van der Waals surface area contributed by atoms with Crippen molar-refractivity contribution in [3.05, 3.63) is 53.0 Å². The summed E-state index contributed by atoms with van der Waals surface area (Å²) in [5, 5.41) is 3.28. The van der Waals surface area contributed by atoms with E-state index in [0.717, 1.165) is 10.4 Å². The van der Waals surface area contributed by atoms with Crippen LogP contribution in [-0.4, -0.2) is 34.3 Å². The summed E-state index contributed by atoms with van der Waals surface area (Å²) in [6.45, 7) is 5.68. The van der Waals surface area contributed by atoms with Crippen LogP contribution in [0.25, 0.3) is 6.08 Å². The molecule has 0 radical (unpaired) electrons. The number of aromatic nitrogens is 1. The second-order valence-corrected chi connectivity index (χ2v) is 6.86. The number of aryl methyl sites for hydroxylation is 1. The highest BCUT2D eigenvalue weighted by Crippen LogP contribution is 2.16. The van der Waals surface area contributed by atoms with E-state index >= 15 is 0 Å². The van der Waals surface area contributed by atoms with Crippen LogP contribution in [-0.2, 0) is 9.59 Å². The summed E-state index contributed by atoms with van der Waals surface area (Å²) < 4.78 is 0. The van der Waals surface area contributed by atoms with Gasteiger partial charge in [-0.2, -0.15) is 0 Å². The Bertz CT molecular complexity index is 723. The topological polar surface area (TPSA) is 62.3 Å². The van der Waals surface area contributed by atoms with Crippen molar-refractivity contribution in [2.24, 2.45) is 0 Å². The van der Waals surface area contributed by atoms with Crippen molar-refractivity contribution in [2.75, 3.05) is 11.9 Å². The molecule has 5 nitrogen and oxygen atoms in total. The lowest BCUT2D eigenvalue weighted by molar-refractivity contribution is -0.132. The van der Waals surface area contributed by atoms with Crippen LogP contribution in [0, 0.1) is 6.92 Å². The van der Waals surface area contributed by atoms with Crippen molar-refractivity contribution in [2.45, 2.75) is 26.8 Å². The van der Waals surface area contributed by atoms with Gasteiger partial charge in [0.2, 0.25) is 11.8 Å². The quantitative estimate of drug-likeness (QED) is 0.818. The lowest BCUT2D eigenvalue weighted by Crippen LogP contribution is -2.41. The van der Waals surface area contributed by atoms with Gasteiger partial charge in [0.1, 0.15) is 6.54 Å². The summed E-state index contributed by atoms with van der Waals surface area (Å²) in [5.41, 5.74) is 0.942. The van der Waals surface area contributed by atoms with E-state index in [1.165, 1.54) is 22.3 Å². The Hall–Kier alpha value is -2.47. The largest absolute Gasteiger partial charge is 0.327 e. The number of hydrogen-bond acceptors (Lipinski definition) is 4. The molecule has 24 heavy (non-hydrogen) atoms. The fourth-order valence-electron chi connectivity index (χ4n) is 2.07. The first kappa shape index (κ1) is 17.9. The maximum absolute atomic E-state index is 12.4. The molecule has 0 aliphatic heterocycles. The number of amides is 2. The van der Waals surface area contributed by atoms with Gasteiger partial charge in [0.05, 0.1) is 0 Å². The molecule has 0 unspecified atom stereocenters. The number of benzene rings is 1. The number of carbonyl (C=O) groups excluding carboxylic acids is 2. The van der Waals surface area contributed by atoms with Crippen molar-refractivity contribution in [1.29, 1.82) is 0 Å². The molecule has 2 rings (SSSR count). The van der Waals surface area contributed by atoms with E-state index in [1.54, 1.807) is 12.3 Å². The molecule has 2 amide bonds. The predicted octanol–water partition coefficient (Wildman–Crippen LogP) is 3.34. The average Bonchev–Trinajstić information content (AvgIpc) is 2.96. The van der Waals surface area contributed by atoms with Crippen molar-refractivity contribution >= 4 is 34.4 Å². The first-order valence-electron chi connectivity index (χ1n) is 7.71. The number of carbonyl (C=O) groups is 2. The maximum Gasteiger partial charge on any atom is 0.247 e. The third-order valence-electron chi connectivity index (χ3n) is 3.31. The molecule has 1 aromatic heterocycles. The molecular weight excluding hydrogens is 322 g/mol. The lowest BCUT2D eigenvalue weighted by Gasteiger charge is -2.24. The number of rotatable bonds is 6. The van der Waals surface area contributed by atoms with E-state index in [1.807, 2.05) is 51.1 Å². The van der Waals surface area contributed by atoms with Crippen molar-refractivity contribution in [3.8, 4) is 0 Å². The Morgan fingerprint density at radius 2 is 2.00 bits per heavy atom. The van der Waals surface area contributed by atoms with Gasteiger partial charge in [0.25, 0.3) is 0 Å². The van der Waals surface area contributed by atoms with Crippen LogP contribution in [0.15, 0.2) is 42.6 Å². The molecule has 0 saturated heterocycles. The molecular formula is C18H21N3O2S. The van der Waals surface area contributed by atoms with Crippen LogP contribution in [0.1, 0.15) is 24.3 Å². The van der Waals surface area contributed by atoms with E-state index in [9.17, 15) is 9.59 Å². The number of nitrogens with one attached hydrogen (secondary N) is 1. The second-order valence-electron chi connectivity index (χ2n) is 5.63. The fraction of sp³-hybridized carbons (Fsp3) is 0.278. The van der Waals surface area contributed by atoms with Gasteiger partial charge in [-0.25, -0.2) is 4.98 Å². The fourth-order valence-corrected chi connectivity index (χ4v) is 2.75. The number of anilines is 1. The molecule has 1 N–H and O–H groups in total. The Morgan fingerprint density at radius 3 is 2.58 bits per heavy atom. The lowest BCUT2D eigenvalue weighted by atomic mass is 10.2. The Kier molecular flexibility index (Phi) is 6.26. The molecule has 0 fully saturated rings. The number of thiazole rings is 1. The SMILES string of the molecule is Cc1cnc(NC(=O)CN(C(=O)C=Cc2ccccc2)C(C)C)s1. The zero-order valence-corrected chi connectivity index (χ0v) is 14.8. The summed E-state index contributed by atoms with van der Waals surface area (Å²) in [4.78, 5) is 31.2. The molecule has 0 atom stereocenters. The Morgan fingerprint density at radius 1 is 1.29 bits per heavy atom. The first-order chi connectivity index (χ1) is 11.5. The van der Waals surface area contributed by atoms with Crippen molar-refractivity contribution < 1.29 is 9.59 Å². The summed E-state index contributed by atoms with van der Waals surface area (Å²) in [6.07, 6.45) is 4.95. The van der Waals surface area contributed by atoms with E-state index in [-0.39, 0.29) is 24.4 Å². The third-order valence-corrected chi connectivity index (χ3v) is 4.13. The monoisotopic (exact) mass is 343 g/mol. The minimum Gasteiger partial charge on any atom is -0.327 e. The summed E-state index contributed by atoms with van der Waals surface area (Å²) in [5.74, 6) is -0.446.